The van der Waals surface area contributed by atoms with Gasteiger partial charge in [0.2, 0.25) is 0 Å². The Kier molecular flexibility index (Phi) is 1.63. The van der Waals surface area contributed by atoms with Crippen LogP contribution in [0.3, 0.4) is 0 Å². The van der Waals surface area contributed by atoms with Crippen molar-refractivity contribution in [1.29, 1.82) is 0 Å². The predicted molar refractivity (Wildman–Crippen MR) is 138 cm³/mol. The van der Waals surface area contributed by atoms with Crippen molar-refractivity contribution in [3.05, 3.63) is 133 Å². The van der Waals surface area contributed by atoms with Crippen LogP contribution in [-0.2, 0) is 0 Å². The first-order valence-electron chi connectivity index (χ1n) is 20.2. The summed E-state index contributed by atoms with van der Waals surface area (Å²) in [5.41, 5.74) is -4.33. The van der Waals surface area contributed by atoms with Crippen LogP contribution in [0.25, 0.3) is 54.9 Å². The fraction of sp³-hybridized carbons (Fsp3) is 0. The van der Waals surface area contributed by atoms with E-state index in [1.807, 2.05) is 0 Å². The molecule has 0 nitrogen and oxygen atoms in total. The SMILES string of the molecule is [2H]c1c([2H])c([2H])c(-c2c([2H])c([2H])c([2H])c([2H])c2-c2c3c([2H])c([2H])c([2H])c([2H])c3c(-c3c([2H])c([2H])c([2H])c([2H])c3[2H])c3c([2H])c([2H])c([2H])c([2H])c23)c([2H])c1[2H]. The lowest BCUT2D eigenvalue weighted by Gasteiger charge is -2.19. The van der Waals surface area contributed by atoms with Crippen molar-refractivity contribution in [2.24, 2.45) is 0 Å². The van der Waals surface area contributed by atoms with Crippen LogP contribution in [0.4, 0.5) is 0 Å². The summed E-state index contributed by atoms with van der Waals surface area (Å²) in [7, 11) is 0. The fourth-order valence-corrected chi connectivity index (χ4v) is 3.56. The molecule has 0 saturated heterocycles. The van der Waals surface area contributed by atoms with Gasteiger partial charge in [0.25, 0.3) is 0 Å². The highest BCUT2D eigenvalue weighted by molar-refractivity contribution is 6.22. The van der Waals surface area contributed by atoms with Crippen molar-refractivity contribution < 1.29 is 30.2 Å². The molecular formula is C32H22. The molecule has 6 aromatic rings. The lowest BCUT2D eigenvalue weighted by Crippen LogP contribution is -1.92. The molecule has 6 aromatic carbocycles. The minimum absolute atomic E-state index is 0.634. The van der Waals surface area contributed by atoms with E-state index in [-0.39, 0.29) is 0 Å². The second-order valence-electron chi connectivity index (χ2n) is 6.50. The molecule has 0 unspecified atom stereocenters. The molecule has 0 aromatic heterocycles. The van der Waals surface area contributed by atoms with Crippen molar-refractivity contribution in [3.63, 3.8) is 0 Å². The van der Waals surface area contributed by atoms with E-state index < -0.39 is 188 Å². The maximum absolute atomic E-state index is 9.15. The highest BCUT2D eigenvalue weighted by Crippen LogP contribution is 2.45. The van der Waals surface area contributed by atoms with Gasteiger partial charge in [0, 0.05) is 0 Å². The van der Waals surface area contributed by atoms with Crippen LogP contribution in [0, 0.1) is 0 Å². The van der Waals surface area contributed by atoms with Gasteiger partial charge in [-0.15, -0.1) is 0 Å². The second kappa shape index (κ2) is 7.83. The Bertz CT molecular complexity index is 2590. The van der Waals surface area contributed by atoms with E-state index in [0.717, 1.165) is 0 Å². The number of benzene rings is 6. The summed E-state index contributed by atoms with van der Waals surface area (Å²) in [4.78, 5) is 0. The van der Waals surface area contributed by atoms with Gasteiger partial charge < -0.3 is 0 Å². The third-order valence-electron chi connectivity index (χ3n) is 4.81. The summed E-state index contributed by atoms with van der Waals surface area (Å²) >= 11 is 0. The molecule has 6 rings (SSSR count). The maximum atomic E-state index is 9.15. The van der Waals surface area contributed by atoms with Gasteiger partial charge >= 0.3 is 0 Å². The van der Waals surface area contributed by atoms with E-state index >= 15 is 0 Å². The summed E-state index contributed by atoms with van der Waals surface area (Å²) < 4.78 is 191. The molecule has 0 aliphatic carbocycles. The van der Waals surface area contributed by atoms with Gasteiger partial charge in [-0.1, -0.05) is 133 Å². The van der Waals surface area contributed by atoms with Gasteiger partial charge in [-0.2, -0.15) is 0 Å². The monoisotopic (exact) mass is 428 g/mol. The van der Waals surface area contributed by atoms with Crippen molar-refractivity contribution in [3.8, 4) is 33.4 Å². The van der Waals surface area contributed by atoms with Crippen LogP contribution in [0.2, 0.25) is 0 Å². The summed E-state index contributed by atoms with van der Waals surface area (Å²) in [5.74, 6) is 0. The predicted octanol–water partition coefficient (Wildman–Crippen LogP) is 8.99. The van der Waals surface area contributed by atoms with Gasteiger partial charge in [-0.3, -0.25) is 0 Å². The summed E-state index contributed by atoms with van der Waals surface area (Å²) in [5, 5.41) is -2.68. The molecule has 0 aliphatic heterocycles. The van der Waals surface area contributed by atoms with Gasteiger partial charge in [0.1, 0.15) is 0 Å². The first-order valence-corrected chi connectivity index (χ1v) is 9.25. The molecule has 32 heavy (non-hydrogen) atoms. The third-order valence-corrected chi connectivity index (χ3v) is 4.81. The summed E-state index contributed by atoms with van der Waals surface area (Å²) in [6.45, 7) is 0. The molecule has 0 bridgehead atoms. The van der Waals surface area contributed by atoms with Crippen LogP contribution in [0.15, 0.2) is 133 Å². The van der Waals surface area contributed by atoms with Crippen molar-refractivity contribution >= 4 is 21.5 Å². The molecule has 0 fully saturated rings. The molecule has 0 N–H and O–H groups in total. The van der Waals surface area contributed by atoms with Crippen molar-refractivity contribution in [2.45, 2.75) is 0 Å². The van der Waals surface area contributed by atoms with E-state index in [9.17, 15) is 0 Å². The smallest absolute Gasteiger partial charge is 0.0622 e. The van der Waals surface area contributed by atoms with Crippen molar-refractivity contribution in [1.82, 2.24) is 0 Å². The zero-order valence-corrected chi connectivity index (χ0v) is 16.0. The lowest BCUT2D eigenvalue weighted by atomic mass is 9.84. The Morgan fingerprint density at radius 3 is 1.22 bits per heavy atom. The van der Waals surface area contributed by atoms with E-state index in [1.54, 1.807) is 0 Å². The molecule has 150 valence electrons. The van der Waals surface area contributed by atoms with E-state index in [1.165, 1.54) is 0 Å². The molecule has 0 aliphatic rings. The Hall–Kier alpha value is -4.16. The fourth-order valence-electron chi connectivity index (χ4n) is 3.56. The van der Waals surface area contributed by atoms with Gasteiger partial charge in [0.05, 0.1) is 30.2 Å². The van der Waals surface area contributed by atoms with E-state index in [4.69, 9.17) is 30.2 Å². The Morgan fingerprint density at radius 2 is 0.688 bits per heavy atom. The standard InChI is InChI=1S/C32H22/c1-3-13-23(14-4-1)25-17-7-8-18-26(25)32-29-21-11-9-19-27(29)31(24-15-5-2-6-16-24)28-20-10-12-22-30(28)32/h1-22H/i1D,2D,3D,4D,5D,6D,7D,8D,9D,10D,11D,12D,13D,14D,15D,16D,17D,18D,19D,20D,21D,22D. The molecule has 0 heterocycles. The lowest BCUT2D eigenvalue weighted by molar-refractivity contribution is 1.60. The minimum Gasteiger partial charge on any atom is -0.0622 e. The molecule has 0 heteroatoms. The van der Waals surface area contributed by atoms with Gasteiger partial charge in [-0.05, 0) is 54.9 Å². The molecule has 0 radical (unpaired) electrons. The normalized spacial score (nSPS) is 20.8. The molecule has 0 saturated carbocycles. The van der Waals surface area contributed by atoms with Crippen LogP contribution in [0.5, 0.6) is 0 Å². The van der Waals surface area contributed by atoms with E-state index in [2.05, 4.69) is 0 Å². The average molecular weight is 429 g/mol. The summed E-state index contributed by atoms with van der Waals surface area (Å²) in [6, 6.07) is -20.3. The van der Waals surface area contributed by atoms with Crippen LogP contribution in [0.1, 0.15) is 30.2 Å². The Balaban J connectivity index is 2.14. The van der Waals surface area contributed by atoms with Crippen molar-refractivity contribution in [2.75, 3.05) is 0 Å². The van der Waals surface area contributed by atoms with Crippen LogP contribution in [-0.4, -0.2) is 0 Å². The quantitative estimate of drug-likeness (QED) is 0.247. The highest BCUT2D eigenvalue weighted by Gasteiger charge is 2.18. The molecule has 0 atom stereocenters. The number of hydrogen-bond acceptors (Lipinski definition) is 0. The molecular weight excluding hydrogens is 384 g/mol. The first kappa shape index (κ1) is 6.67. The van der Waals surface area contributed by atoms with Gasteiger partial charge in [0.15, 0.2) is 0 Å². The van der Waals surface area contributed by atoms with Crippen LogP contribution < -0.4 is 0 Å². The largest absolute Gasteiger partial charge is 0.0629 e. The average Bonchev–Trinajstić information content (AvgIpc) is 3.15. The molecule has 0 amide bonds. The minimum atomic E-state index is -0.990. The summed E-state index contributed by atoms with van der Waals surface area (Å²) in [6.07, 6.45) is 0. The third kappa shape index (κ3) is 3.01. The zero-order valence-electron chi connectivity index (χ0n) is 38.0. The first-order chi connectivity index (χ1) is 25.0. The molecule has 0 spiro atoms. The van der Waals surface area contributed by atoms with Gasteiger partial charge in [-0.25, -0.2) is 0 Å². The number of fused-ring (bicyclic) bond motifs is 2. The number of rotatable bonds is 3. The second-order valence-corrected chi connectivity index (χ2v) is 6.50. The van der Waals surface area contributed by atoms with E-state index in [0.29, 0.717) is 0 Å². The number of hydrogen-bond donors (Lipinski definition) is 0. The maximum Gasteiger partial charge on any atom is 0.0629 e. The topological polar surface area (TPSA) is 0 Å². The van der Waals surface area contributed by atoms with Crippen LogP contribution >= 0.6 is 0 Å². The zero-order chi connectivity index (χ0) is 40.5. The Morgan fingerprint density at radius 1 is 0.312 bits per heavy atom. The highest BCUT2D eigenvalue weighted by atomic mass is 14.2. The Labute approximate surface area is 219 Å².